The molecule has 31 heavy (non-hydrogen) atoms. The molecular formula is C24H20N2O4S. The lowest BCUT2D eigenvalue weighted by Crippen LogP contribution is -2.14. The highest BCUT2D eigenvalue weighted by Crippen LogP contribution is 2.26. The lowest BCUT2D eigenvalue weighted by Gasteiger charge is -2.11. The predicted octanol–water partition coefficient (Wildman–Crippen LogP) is 4.62. The Kier molecular flexibility index (Phi) is 6.53. The topological polar surface area (TPSA) is 96.3 Å². The summed E-state index contributed by atoms with van der Waals surface area (Å²) in [6.07, 6.45) is 1.30. The van der Waals surface area contributed by atoms with Crippen molar-refractivity contribution in [3.63, 3.8) is 0 Å². The average Bonchev–Trinajstić information content (AvgIpc) is 2.74. The number of anilines is 1. The molecule has 156 valence electrons. The molecule has 0 atom stereocenters. The van der Waals surface area contributed by atoms with Crippen LogP contribution >= 0.6 is 0 Å². The molecule has 0 aliphatic heterocycles. The molecule has 1 amide bonds. The Hall–Kier alpha value is -3.89. The summed E-state index contributed by atoms with van der Waals surface area (Å²) in [5, 5.41) is 12.2. The van der Waals surface area contributed by atoms with E-state index < -0.39 is 16.0 Å². The van der Waals surface area contributed by atoms with Crippen LogP contribution in [0.25, 0.3) is 6.08 Å². The number of nitrogens with one attached hydrogen (secondary N) is 1. The summed E-state index contributed by atoms with van der Waals surface area (Å²) in [6.45, 7) is 3.69. The van der Waals surface area contributed by atoms with Gasteiger partial charge in [-0.25, -0.2) is 0 Å². The molecule has 0 heterocycles. The van der Waals surface area contributed by atoms with E-state index >= 15 is 0 Å². The van der Waals surface area contributed by atoms with Gasteiger partial charge in [-0.1, -0.05) is 54.1 Å². The number of para-hydroxylation sites is 2. The van der Waals surface area contributed by atoms with Crippen LogP contribution in [-0.2, 0) is 14.9 Å². The summed E-state index contributed by atoms with van der Waals surface area (Å²) < 4.78 is 30.6. The molecule has 6 nitrogen and oxygen atoms in total. The van der Waals surface area contributed by atoms with Crippen molar-refractivity contribution >= 4 is 27.8 Å². The van der Waals surface area contributed by atoms with Gasteiger partial charge in [-0.15, -0.1) is 0 Å². The largest absolute Gasteiger partial charge is 0.378 e. The van der Waals surface area contributed by atoms with Crippen LogP contribution in [0.5, 0.6) is 5.75 Å². The first-order valence-electron chi connectivity index (χ1n) is 9.39. The van der Waals surface area contributed by atoms with Gasteiger partial charge >= 0.3 is 10.1 Å². The quantitative estimate of drug-likeness (QED) is 0.348. The molecule has 1 N–H and O–H groups in total. The molecule has 0 aromatic heterocycles. The maximum absolute atomic E-state index is 12.6. The van der Waals surface area contributed by atoms with Gasteiger partial charge in [0.15, 0.2) is 0 Å². The average molecular weight is 433 g/mol. The fraction of sp³-hybridized carbons (Fsp3) is 0.0833. The van der Waals surface area contributed by atoms with E-state index in [4.69, 9.17) is 4.18 Å². The highest BCUT2D eigenvalue weighted by molar-refractivity contribution is 7.87. The molecule has 3 aromatic carbocycles. The number of carbonyl (C=O) groups is 1. The van der Waals surface area contributed by atoms with Crippen molar-refractivity contribution < 1.29 is 17.4 Å². The summed E-state index contributed by atoms with van der Waals surface area (Å²) in [5.74, 6) is -0.590. The number of amides is 1. The third-order valence-corrected chi connectivity index (χ3v) is 5.73. The molecule has 0 unspecified atom stereocenters. The zero-order valence-corrected chi connectivity index (χ0v) is 17.8. The fourth-order valence-electron chi connectivity index (χ4n) is 2.75. The zero-order chi connectivity index (χ0) is 22.4. The van der Waals surface area contributed by atoms with Gasteiger partial charge in [0, 0.05) is 11.3 Å². The molecule has 0 aliphatic rings. The van der Waals surface area contributed by atoms with Gasteiger partial charge < -0.3 is 9.50 Å². The van der Waals surface area contributed by atoms with Gasteiger partial charge in [0.1, 0.15) is 22.3 Å². The van der Waals surface area contributed by atoms with Gasteiger partial charge in [0.25, 0.3) is 5.91 Å². The second-order valence-corrected chi connectivity index (χ2v) is 8.37. The Labute approximate surface area is 181 Å². The molecule has 0 saturated heterocycles. The minimum atomic E-state index is -4.08. The van der Waals surface area contributed by atoms with Crippen molar-refractivity contribution in [2.45, 2.75) is 18.7 Å². The monoisotopic (exact) mass is 432 g/mol. The summed E-state index contributed by atoms with van der Waals surface area (Å²) in [7, 11) is -4.08. The Morgan fingerprint density at radius 1 is 0.968 bits per heavy atom. The molecular weight excluding hydrogens is 412 g/mol. The Morgan fingerprint density at radius 3 is 2.29 bits per heavy atom. The number of hydrogen-bond donors (Lipinski definition) is 1. The summed E-state index contributed by atoms with van der Waals surface area (Å²) in [5.41, 5.74) is 2.45. The van der Waals surface area contributed by atoms with E-state index in [2.05, 4.69) is 5.32 Å². The number of hydrogen-bond acceptors (Lipinski definition) is 5. The normalized spacial score (nSPS) is 11.5. The zero-order valence-electron chi connectivity index (χ0n) is 17.0. The Morgan fingerprint density at radius 2 is 1.61 bits per heavy atom. The standard InChI is InChI=1S/C24H20N2O4S/c1-17-11-13-21(14-12-17)31(28,29)30-23-10-6-4-8-19(23)15-20(16-25)24(27)26-22-9-5-3-7-18(22)2/h3-15H,1-2H3,(H,26,27)/b20-15+. The highest BCUT2D eigenvalue weighted by atomic mass is 32.2. The van der Waals surface area contributed by atoms with Crippen LogP contribution in [0.4, 0.5) is 5.69 Å². The van der Waals surface area contributed by atoms with Crippen LogP contribution < -0.4 is 9.50 Å². The van der Waals surface area contributed by atoms with Crippen LogP contribution in [0.3, 0.4) is 0 Å². The Balaban J connectivity index is 1.90. The number of benzene rings is 3. The second kappa shape index (κ2) is 9.28. The van der Waals surface area contributed by atoms with Crippen molar-refractivity contribution in [3.8, 4) is 11.8 Å². The van der Waals surface area contributed by atoms with Gasteiger partial charge in [0.05, 0.1) is 0 Å². The second-order valence-electron chi connectivity index (χ2n) is 6.83. The summed E-state index contributed by atoms with van der Waals surface area (Å²) in [6, 6.07) is 21.6. The highest BCUT2D eigenvalue weighted by Gasteiger charge is 2.19. The molecule has 0 bridgehead atoms. The number of nitriles is 1. The van der Waals surface area contributed by atoms with Crippen LogP contribution in [0.1, 0.15) is 16.7 Å². The third-order valence-electron chi connectivity index (χ3n) is 4.49. The van der Waals surface area contributed by atoms with E-state index in [0.29, 0.717) is 5.69 Å². The molecule has 0 spiro atoms. The van der Waals surface area contributed by atoms with E-state index in [1.807, 2.05) is 32.0 Å². The number of rotatable bonds is 6. The fourth-order valence-corrected chi connectivity index (χ4v) is 3.71. The van der Waals surface area contributed by atoms with E-state index in [1.54, 1.807) is 42.5 Å². The van der Waals surface area contributed by atoms with Crippen molar-refractivity contribution in [2.24, 2.45) is 0 Å². The third kappa shape index (κ3) is 5.38. The van der Waals surface area contributed by atoms with E-state index in [-0.39, 0.29) is 21.8 Å². The molecule has 3 aromatic rings. The van der Waals surface area contributed by atoms with Crippen molar-refractivity contribution in [2.75, 3.05) is 5.32 Å². The lowest BCUT2D eigenvalue weighted by atomic mass is 10.1. The first kappa shape index (κ1) is 21.8. The van der Waals surface area contributed by atoms with Crippen LogP contribution in [-0.4, -0.2) is 14.3 Å². The molecule has 7 heteroatoms. The maximum Gasteiger partial charge on any atom is 0.339 e. The smallest absolute Gasteiger partial charge is 0.339 e. The number of carbonyl (C=O) groups excluding carboxylic acids is 1. The van der Waals surface area contributed by atoms with Crippen LogP contribution in [0, 0.1) is 25.2 Å². The Bertz CT molecular complexity index is 1290. The first-order chi connectivity index (χ1) is 14.8. The van der Waals surface area contributed by atoms with Crippen molar-refractivity contribution in [3.05, 3.63) is 95.1 Å². The molecule has 0 aliphatic carbocycles. The molecule has 0 fully saturated rings. The van der Waals surface area contributed by atoms with E-state index in [1.165, 1.54) is 24.3 Å². The molecule has 0 radical (unpaired) electrons. The van der Waals surface area contributed by atoms with Gasteiger partial charge in [-0.2, -0.15) is 13.7 Å². The number of nitrogens with zero attached hydrogens (tertiary/aromatic N) is 1. The summed E-state index contributed by atoms with van der Waals surface area (Å²) >= 11 is 0. The van der Waals surface area contributed by atoms with Crippen molar-refractivity contribution in [1.82, 2.24) is 0 Å². The maximum atomic E-state index is 12.6. The lowest BCUT2D eigenvalue weighted by molar-refractivity contribution is -0.112. The predicted molar refractivity (Wildman–Crippen MR) is 119 cm³/mol. The van der Waals surface area contributed by atoms with Crippen LogP contribution in [0.15, 0.2) is 83.3 Å². The minimum Gasteiger partial charge on any atom is -0.378 e. The van der Waals surface area contributed by atoms with E-state index in [0.717, 1.165) is 11.1 Å². The minimum absolute atomic E-state index is 0.00897. The SMILES string of the molecule is Cc1ccc(S(=O)(=O)Oc2ccccc2/C=C(\C#N)C(=O)Nc2ccccc2C)cc1. The van der Waals surface area contributed by atoms with Crippen molar-refractivity contribution in [1.29, 1.82) is 5.26 Å². The molecule has 0 saturated carbocycles. The van der Waals surface area contributed by atoms with Crippen LogP contribution in [0.2, 0.25) is 0 Å². The summed E-state index contributed by atoms with van der Waals surface area (Å²) in [4.78, 5) is 12.6. The van der Waals surface area contributed by atoms with Gasteiger partial charge in [0.2, 0.25) is 0 Å². The van der Waals surface area contributed by atoms with Gasteiger partial charge in [-0.3, -0.25) is 4.79 Å². The molecule has 3 rings (SSSR count). The van der Waals surface area contributed by atoms with E-state index in [9.17, 15) is 18.5 Å². The first-order valence-corrected chi connectivity index (χ1v) is 10.8. The number of aryl methyl sites for hydroxylation is 2. The van der Waals surface area contributed by atoms with Gasteiger partial charge in [-0.05, 0) is 49.8 Å².